The van der Waals surface area contributed by atoms with Crippen LogP contribution in [0.15, 0.2) is 36.4 Å². The van der Waals surface area contributed by atoms with Crippen molar-refractivity contribution < 1.29 is 4.79 Å². The first kappa shape index (κ1) is 13.7. The lowest BCUT2D eigenvalue weighted by molar-refractivity contribution is 0.102. The Bertz CT molecular complexity index is 599. The van der Waals surface area contributed by atoms with Crippen LogP contribution >= 0.6 is 45.2 Å². The smallest absolute Gasteiger partial charge is 0.257 e. The molecule has 1 amide bonds. The first-order valence-electron chi connectivity index (χ1n) is 5.27. The second-order valence-corrected chi connectivity index (χ2v) is 6.02. The molecule has 0 radical (unpaired) electrons. The second kappa shape index (κ2) is 5.96. The third-order valence-electron chi connectivity index (χ3n) is 2.38. The van der Waals surface area contributed by atoms with E-state index in [-0.39, 0.29) is 5.91 Å². The van der Waals surface area contributed by atoms with Gasteiger partial charge in [0.05, 0.1) is 11.3 Å². The van der Waals surface area contributed by atoms with E-state index in [0.29, 0.717) is 11.4 Å². The normalized spacial score (nSPS) is 10.2. The van der Waals surface area contributed by atoms with Crippen molar-refractivity contribution in [3.05, 3.63) is 54.8 Å². The fourth-order valence-electron chi connectivity index (χ4n) is 1.44. The second-order valence-electron chi connectivity index (χ2n) is 3.70. The molecule has 1 aromatic heterocycles. The summed E-state index contributed by atoms with van der Waals surface area (Å²) in [6.07, 6.45) is 0. The standard InChI is InChI=1S/C13H10I2N2O/c1-8-10(14)6-7-12(16-8)17-13(18)9-4-2-3-5-11(9)15/h2-7H,1H3,(H,16,17,18). The zero-order chi connectivity index (χ0) is 13.1. The molecule has 1 aromatic carbocycles. The SMILES string of the molecule is Cc1nc(NC(=O)c2ccccc2I)ccc1I. The highest BCUT2D eigenvalue weighted by Gasteiger charge is 2.10. The molecule has 1 N–H and O–H groups in total. The number of halogens is 2. The lowest BCUT2D eigenvalue weighted by Gasteiger charge is -2.07. The highest BCUT2D eigenvalue weighted by molar-refractivity contribution is 14.1. The summed E-state index contributed by atoms with van der Waals surface area (Å²) >= 11 is 4.36. The molecule has 0 unspecified atom stereocenters. The first-order chi connectivity index (χ1) is 8.58. The Balaban J connectivity index is 2.22. The maximum atomic E-state index is 12.1. The number of nitrogens with zero attached hydrogens (tertiary/aromatic N) is 1. The Kier molecular flexibility index (Phi) is 4.55. The van der Waals surface area contributed by atoms with Crippen LogP contribution in [0.25, 0.3) is 0 Å². The minimum absolute atomic E-state index is 0.131. The first-order valence-corrected chi connectivity index (χ1v) is 7.42. The summed E-state index contributed by atoms with van der Waals surface area (Å²) < 4.78 is 2.01. The Morgan fingerprint density at radius 2 is 1.83 bits per heavy atom. The molecule has 5 heteroatoms. The van der Waals surface area contributed by atoms with E-state index in [0.717, 1.165) is 12.8 Å². The number of anilines is 1. The zero-order valence-electron chi connectivity index (χ0n) is 9.58. The third kappa shape index (κ3) is 3.19. The lowest BCUT2D eigenvalue weighted by Crippen LogP contribution is -2.14. The summed E-state index contributed by atoms with van der Waals surface area (Å²) in [5.74, 6) is 0.450. The number of nitrogens with one attached hydrogen (secondary N) is 1. The van der Waals surface area contributed by atoms with Crippen LogP contribution in [-0.4, -0.2) is 10.9 Å². The van der Waals surface area contributed by atoms with E-state index < -0.39 is 0 Å². The highest BCUT2D eigenvalue weighted by Crippen LogP contribution is 2.16. The summed E-state index contributed by atoms with van der Waals surface area (Å²) in [6, 6.07) is 11.2. The van der Waals surface area contributed by atoms with Gasteiger partial charge in [-0.05, 0) is 76.4 Å². The Labute approximate surface area is 133 Å². The van der Waals surface area contributed by atoms with Crippen molar-refractivity contribution in [2.75, 3.05) is 5.32 Å². The average Bonchev–Trinajstić information content (AvgIpc) is 2.34. The topological polar surface area (TPSA) is 42.0 Å². The summed E-state index contributed by atoms with van der Waals surface area (Å²) in [5, 5.41) is 2.81. The number of carbonyl (C=O) groups is 1. The fraction of sp³-hybridized carbons (Fsp3) is 0.0769. The summed E-state index contributed by atoms with van der Waals surface area (Å²) in [4.78, 5) is 16.4. The molecule has 0 saturated heterocycles. The van der Waals surface area contributed by atoms with Crippen LogP contribution in [0.5, 0.6) is 0 Å². The number of carbonyl (C=O) groups excluding carboxylic acids is 1. The zero-order valence-corrected chi connectivity index (χ0v) is 13.9. The van der Waals surface area contributed by atoms with Gasteiger partial charge in [0.25, 0.3) is 5.91 Å². The third-order valence-corrected chi connectivity index (χ3v) is 4.46. The molecule has 0 saturated carbocycles. The molecule has 3 nitrogen and oxygen atoms in total. The van der Waals surface area contributed by atoms with Crippen LogP contribution in [-0.2, 0) is 0 Å². The van der Waals surface area contributed by atoms with Gasteiger partial charge in [0.15, 0.2) is 0 Å². The van der Waals surface area contributed by atoms with Gasteiger partial charge in [0.1, 0.15) is 5.82 Å². The Hall–Kier alpha value is -0.700. The van der Waals surface area contributed by atoms with Crippen LogP contribution < -0.4 is 5.32 Å². The molecule has 0 atom stereocenters. The van der Waals surface area contributed by atoms with Crippen LogP contribution in [0.3, 0.4) is 0 Å². The van der Waals surface area contributed by atoms with Crippen molar-refractivity contribution in [3.63, 3.8) is 0 Å². The van der Waals surface area contributed by atoms with Crippen molar-refractivity contribution in [3.8, 4) is 0 Å². The number of hydrogen-bond donors (Lipinski definition) is 1. The number of benzene rings is 1. The molecule has 0 aliphatic heterocycles. The van der Waals surface area contributed by atoms with Gasteiger partial charge >= 0.3 is 0 Å². The van der Waals surface area contributed by atoms with E-state index in [2.05, 4.69) is 55.5 Å². The molecule has 1 heterocycles. The molecule has 0 bridgehead atoms. The number of amides is 1. The molecular weight excluding hydrogens is 454 g/mol. The van der Waals surface area contributed by atoms with Crippen LogP contribution in [0.1, 0.15) is 16.1 Å². The van der Waals surface area contributed by atoms with Gasteiger partial charge in [-0.25, -0.2) is 4.98 Å². The predicted octanol–water partition coefficient (Wildman–Crippen LogP) is 3.85. The minimum Gasteiger partial charge on any atom is -0.307 e. The highest BCUT2D eigenvalue weighted by atomic mass is 127. The minimum atomic E-state index is -0.131. The van der Waals surface area contributed by atoms with Gasteiger partial charge in [-0.1, -0.05) is 12.1 Å². The quantitative estimate of drug-likeness (QED) is 0.687. The number of aromatic nitrogens is 1. The maximum Gasteiger partial charge on any atom is 0.257 e. The van der Waals surface area contributed by atoms with E-state index in [1.807, 2.05) is 37.3 Å². The van der Waals surface area contributed by atoms with E-state index in [9.17, 15) is 4.79 Å². The van der Waals surface area contributed by atoms with Gasteiger partial charge in [0.2, 0.25) is 0 Å². The van der Waals surface area contributed by atoms with Crippen molar-refractivity contribution in [2.45, 2.75) is 6.92 Å². The lowest BCUT2D eigenvalue weighted by atomic mass is 10.2. The monoisotopic (exact) mass is 464 g/mol. The molecule has 2 rings (SSSR count). The van der Waals surface area contributed by atoms with Crippen LogP contribution in [0.4, 0.5) is 5.82 Å². The van der Waals surface area contributed by atoms with Crippen LogP contribution in [0, 0.1) is 14.1 Å². The van der Waals surface area contributed by atoms with Crippen molar-refractivity contribution in [2.24, 2.45) is 0 Å². The molecular formula is C13H10I2N2O. The van der Waals surface area contributed by atoms with Crippen LogP contribution in [0.2, 0.25) is 0 Å². The van der Waals surface area contributed by atoms with Crippen molar-refractivity contribution >= 4 is 56.9 Å². The van der Waals surface area contributed by atoms with Crippen molar-refractivity contribution in [1.29, 1.82) is 0 Å². The Morgan fingerprint density at radius 3 is 2.50 bits per heavy atom. The van der Waals surface area contributed by atoms with Gasteiger partial charge in [0, 0.05) is 7.14 Å². The summed E-state index contributed by atoms with van der Waals surface area (Å²) in [5.41, 5.74) is 1.58. The predicted molar refractivity (Wildman–Crippen MR) is 88.8 cm³/mol. The molecule has 0 aliphatic carbocycles. The molecule has 0 aliphatic rings. The fourth-order valence-corrected chi connectivity index (χ4v) is 2.38. The molecule has 92 valence electrons. The van der Waals surface area contributed by atoms with E-state index >= 15 is 0 Å². The number of pyridine rings is 1. The number of rotatable bonds is 2. The van der Waals surface area contributed by atoms with E-state index in [1.54, 1.807) is 6.07 Å². The number of aryl methyl sites for hydroxylation is 1. The molecule has 0 spiro atoms. The molecule has 18 heavy (non-hydrogen) atoms. The van der Waals surface area contributed by atoms with Gasteiger partial charge in [-0.3, -0.25) is 4.79 Å². The number of hydrogen-bond acceptors (Lipinski definition) is 2. The molecule has 0 fully saturated rings. The summed E-state index contributed by atoms with van der Waals surface area (Å²) in [6.45, 7) is 1.92. The van der Waals surface area contributed by atoms with Crippen molar-refractivity contribution in [1.82, 2.24) is 4.98 Å². The largest absolute Gasteiger partial charge is 0.307 e. The van der Waals surface area contributed by atoms with E-state index in [1.165, 1.54) is 0 Å². The van der Waals surface area contributed by atoms with Gasteiger partial charge in [-0.15, -0.1) is 0 Å². The Morgan fingerprint density at radius 1 is 1.11 bits per heavy atom. The van der Waals surface area contributed by atoms with E-state index in [4.69, 9.17) is 0 Å². The van der Waals surface area contributed by atoms with Gasteiger partial charge in [-0.2, -0.15) is 0 Å². The maximum absolute atomic E-state index is 12.1. The molecule has 2 aromatic rings. The van der Waals surface area contributed by atoms with Gasteiger partial charge < -0.3 is 5.32 Å². The summed E-state index contributed by atoms with van der Waals surface area (Å²) in [7, 11) is 0. The average molecular weight is 464 g/mol.